The average Bonchev–Trinajstić information content (AvgIpc) is 2.46. The van der Waals surface area contributed by atoms with Gasteiger partial charge in [0.15, 0.2) is 0 Å². The van der Waals surface area contributed by atoms with Crippen LogP contribution in [-0.2, 0) is 0 Å². The van der Waals surface area contributed by atoms with Gasteiger partial charge in [-0.3, -0.25) is 10.1 Å². The third kappa shape index (κ3) is 2.32. The summed E-state index contributed by atoms with van der Waals surface area (Å²) in [5, 5.41) is 10.8. The summed E-state index contributed by atoms with van der Waals surface area (Å²) in [5.74, 6) is 0.770. The van der Waals surface area contributed by atoms with E-state index >= 15 is 0 Å². The molecule has 0 radical (unpaired) electrons. The predicted molar refractivity (Wildman–Crippen MR) is 79.8 cm³/mol. The summed E-state index contributed by atoms with van der Waals surface area (Å²) < 4.78 is 0. The monoisotopic (exact) mass is 275 g/mol. The van der Waals surface area contributed by atoms with Crippen LogP contribution in [0, 0.1) is 16.0 Å². The van der Waals surface area contributed by atoms with Gasteiger partial charge in [-0.05, 0) is 37.7 Å². The van der Waals surface area contributed by atoms with E-state index in [-0.39, 0.29) is 10.6 Å². The number of non-ortho nitro benzene ring substituents is 1. The minimum atomic E-state index is -0.389. The zero-order chi connectivity index (χ0) is 14.1. The van der Waals surface area contributed by atoms with Crippen molar-refractivity contribution in [2.45, 2.75) is 44.6 Å². The van der Waals surface area contributed by atoms with Crippen LogP contribution >= 0.6 is 0 Å². The Labute approximate surface area is 118 Å². The molecule has 1 heterocycles. The Morgan fingerprint density at radius 2 is 1.95 bits per heavy atom. The third-order valence-electron chi connectivity index (χ3n) is 4.77. The molecule has 5 heteroatoms. The van der Waals surface area contributed by atoms with Crippen LogP contribution in [0.1, 0.15) is 38.5 Å². The maximum absolute atomic E-state index is 10.8. The molecular formula is C15H21N3O2. The van der Waals surface area contributed by atoms with Crippen molar-refractivity contribution in [1.29, 1.82) is 0 Å². The van der Waals surface area contributed by atoms with Crippen molar-refractivity contribution in [1.82, 2.24) is 0 Å². The Morgan fingerprint density at radius 1 is 1.20 bits per heavy atom. The van der Waals surface area contributed by atoms with E-state index in [0.717, 1.165) is 18.2 Å². The van der Waals surface area contributed by atoms with Gasteiger partial charge in [0.2, 0.25) is 0 Å². The molecule has 20 heavy (non-hydrogen) atoms. The predicted octanol–water partition coefficient (Wildman–Crippen LogP) is 3.34. The maximum atomic E-state index is 10.8. The fraction of sp³-hybridized carbons (Fsp3) is 0.600. The first-order chi connectivity index (χ1) is 9.66. The molecule has 1 aromatic carbocycles. The lowest BCUT2D eigenvalue weighted by Gasteiger charge is -2.45. The van der Waals surface area contributed by atoms with Crippen molar-refractivity contribution in [3.05, 3.63) is 28.3 Å². The molecule has 0 amide bonds. The van der Waals surface area contributed by atoms with E-state index in [0.29, 0.717) is 11.7 Å². The van der Waals surface area contributed by atoms with Gasteiger partial charge >= 0.3 is 0 Å². The van der Waals surface area contributed by atoms with Gasteiger partial charge < -0.3 is 10.6 Å². The molecule has 2 N–H and O–H groups in total. The Balaban J connectivity index is 1.89. The summed E-state index contributed by atoms with van der Waals surface area (Å²) in [6, 6.07) is 5.45. The molecule has 1 saturated heterocycles. The highest BCUT2D eigenvalue weighted by molar-refractivity contribution is 5.71. The highest BCUT2D eigenvalue weighted by atomic mass is 16.6. The van der Waals surface area contributed by atoms with Crippen LogP contribution in [0.25, 0.3) is 0 Å². The zero-order valence-electron chi connectivity index (χ0n) is 11.6. The van der Waals surface area contributed by atoms with Crippen LogP contribution in [0.5, 0.6) is 0 Å². The summed E-state index contributed by atoms with van der Waals surface area (Å²) in [6.45, 7) is 1.02. The van der Waals surface area contributed by atoms with E-state index < -0.39 is 0 Å². The summed E-state index contributed by atoms with van der Waals surface area (Å²) >= 11 is 0. The van der Waals surface area contributed by atoms with Crippen LogP contribution in [-0.4, -0.2) is 17.5 Å². The van der Waals surface area contributed by atoms with Gasteiger partial charge in [-0.2, -0.15) is 0 Å². The van der Waals surface area contributed by atoms with Crippen molar-refractivity contribution < 1.29 is 4.92 Å². The molecule has 1 aliphatic carbocycles. The zero-order valence-corrected chi connectivity index (χ0v) is 11.6. The lowest BCUT2D eigenvalue weighted by Crippen LogP contribution is -2.47. The quantitative estimate of drug-likeness (QED) is 0.510. The number of anilines is 2. The molecule has 2 unspecified atom stereocenters. The van der Waals surface area contributed by atoms with Crippen molar-refractivity contribution >= 4 is 17.1 Å². The summed E-state index contributed by atoms with van der Waals surface area (Å²) in [7, 11) is 0. The second-order valence-electron chi connectivity index (χ2n) is 5.95. The van der Waals surface area contributed by atoms with E-state index in [4.69, 9.17) is 5.73 Å². The van der Waals surface area contributed by atoms with E-state index in [2.05, 4.69) is 4.90 Å². The molecule has 0 bridgehead atoms. The van der Waals surface area contributed by atoms with Crippen LogP contribution < -0.4 is 10.6 Å². The van der Waals surface area contributed by atoms with Crippen LogP contribution in [0.2, 0.25) is 0 Å². The van der Waals surface area contributed by atoms with Gasteiger partial charge in [0.1, 0.15) is 0 Å². The number of benzene rings is 1. The molecular weight excluding hydrogens is 254 g/mol. The van der Waals surface area contributed by atoms with Crippen LogP contribution in [0.4, 0.5) is 17.1 Å². The first kappa shape index (κ1) is 13.2. The number of nitrogen functional groups attached to an aromatic ring is 1. The molecule has 0 aromatic heterocycles. The number of rotatable bonds is 2. The first-order valence-corrected chi connectivity index (χ1v) is 7.47. The lowest BCUT2D eigenvalue weighted by molar-refractivity contribution is -0.384. The Kier molecular flexibility index (Phi) is 3.51. The molecule has 2 aliphatic rings. The highest BCUT2D eigenvalue weighted by Crippen LogP contribution is 2.40. The number of nitrogens with two attached hydrogens (primary N) is 1. The van der Waals surface area contributed by atoms with E-state index in [1.807, 2.05) is 6.07 Å². The summed E-state index contributed by atoms with van der Waals surface area (Å²) in [4.78, 5) is 12.8. The minimum Gasteiger partial charge on any atom is -0.397 e. The topological polar surface area (TPSA) is 72.4 Å². The smallest absolute Gasteiger partial charge is 0.271 e. The molecule has 5 nitrogen and oxygen atoms in total. The maximum Gasteiger partial charge on any atom is 0.271 e. The Bertz CT molecular complexity index is 516. The molecule has 1 aromatic rings. The van der Waals surface area contributed by atoms with Crippen molar-refractivity contribution in [3.8, 4) is 0 Å². The van der Waals surface area contributed by atoms with E-state index in [9.17, 15) is 10.1 Å². The number of hydrogen-bond donors (Lipinski definition) is 1. The largest absolute Gasteiger partial charge is 0.397 e. The Hall–Kier alpha value is -1.78. The number of nitro benzene ring substituents is 1. The van der Waals surface area contributed by atoms with E-state index in [1.165, 1.54) is 44.6 Å². The van der Waals surface area contributed by atoms with Crippen molar-refractivity contribution in [2.24, 2.45) is 5.92 Å². The molecule has 2 fully saturated rings. The number of hydrogen-bond acceptors (Lipinski definition) is 4. The van der Waals surface area contributed by atoms with Crippen molar-refractivity contribution in [2.75, 3.05) is 17.2 Å². The average molecular weight is 275 g/mol. The van der Waals surface area contributed by atoms with Gasteiger partial charge in [-0.1, -0.05) is 12.8 Å². The fourth-order valence-electron chi connectivity index (χ4n) is 3.84. The SMILES string of the molecule is Nc1cc([N+](=O)[O-])ccc1N1CCCC2CCCCC21. The van der Waals surface area contributed by atoms with Crippen LogP contribution in [0.3, 0.4) is 0 Å². The number of nitro groups is 1. The molecule has 1 aliphatic heterocycles. The fourth-order valence-corrected chi connectivity index (χ4v) is 3.84. The van der Waals surface area contributed by atoms with Gasteiger partial charge in [0.25, 0.3) is 5.69 Å². The molecule has 1 saturated carbocycles. The molecule has 3 rings (SSSR count). The molecule has 108 valence electrons. The summed E-state index contributed by atoms with van der Waals surface area (Å²) in [5.41, 5.74) is 7.65. The van der Waals surface area contributed by atoms with Gasteiger partial charge in [0, 0.05) is 24.7 Å². The number of fused-ring (bicyclic) bond motifs is 1. The van der Waals surface area contributed by atoms with E-state index in [1.54, 1.807) is 6.07 Å². The van der Waals surface area contributed by atoms with Gasteiger partial charge in [-0.25, -0.2) is 0 Å². The second kappa shape index (κ2) is 5.31. The number of piperidine rings is 1. The standard InChI is InChI=1S/C15H21N3O2/c16-13-10-12(18(19)20)7-8-15(13)17-9-3-5-11-4-1-2-6-14(11)17/h7-8,10-11,14H,1-6,9,16H2. The summed E-state index contributed by atoms with van der Waals surface area (Å²) in [6.07, 6.45) is 7.66. The van der Waals surface area contributed by atoms with Crippen LogP contribution in [0.15, 0.2) is 18.2 Å². The first-order valence-electron chi connectivity index (χ1n) is 7.47. The van der Waals surface area contributed by atoms with Crippen molar-refractivity contribution in [3.63, 3.8) is 0 Å². The second-order valence-corrected chi connectivity index (χ2v) is 5.95. The Morgan fingerprint density at radius 3 is 2.70 bits per heavy atom. The highest BCUT2D eigenvalue weighted by Gasteiger charge is 2.34. The normalized spacial score (nSPS) is 26.1. The third-order valence-corrected chi connectivity index (χ3v) is 4.77. The minimum absolute atomic E-state index is 0.0726. The number of nitrogens with zero attached hydrogens (tertiary/aromatic N) is 2. The van der Waals surface area contributed by atoms with Gasteiger partial charge in [-0.15, -0.1) is 0 Å². The van der Waals surface area contributed by atoms with Gasteiger partial charge in [0.05, 0.1) is 16.3 Å². The molecule has 2 atom stereocenters. The lowest BCUT2D eigenvalue weighted by atomic mass is 9.78. The molecule has 0 spiro atoms.